The minimum atomic E-state index is -0.322. The molecule has 8 rings (SSSR count). The van der Waals surface area contributed by atoms with Crippen LogP contribution in [0.3, 0.4) is 0 Å². The Hall–Kier alpha value is -5.07. The fourth-order valence-electron chi connectivity index (χ4n) is 7.66. The molecule has 2 saturated carbocycles. The van der Waals surface area contributed by atoms with Crippen LogP contribution in [-0.2, 0) is 18.4 Å². The smallest absolute Gasteiger partial charge is 0.300 e. The Kier molecular flexibility index (Phi) is 7.07. The van der Waals surface area contributed by atoms with Crippen molar-refractivity contribution in [2.75, 3.05) is 19.0 Å². The van der Waals surface area contributed by atoms with E-state index in [-0.39, 0.29) is 23.9 Å². The highest BCUT2D eigenvalue weighted by Gasteiger charge is 2.47. The summed E-state index contributed by atoms with van der Waals surface area (Å²) in [6.07, 6.45) is 4.51. The highest BCUT2D eigenvalue weighted by molar-refractivity contribution is 6.04. The highest BCUT2D eigenvalue weighted by atomic mass is 16.5. The standard InChI is InChI=1S/C38H38N6O3/c1-4-5-34(45)40-28-13-10-23(11-14-28)24-8-9-25-18-32(43(31(25)17-24)20-22-6-7-22)37-41-29-16-27(19-33(47-3)36(29)42(37)2)38(46)44-21-26-12-15-30(44)35(26)39/h8-11,13-14,16-19,22,26,30,35H,6-7,12,15,20-21,39H2,1-3H3,(H,40,45)/t26-,30-,35-/m1/s1. The molecule has 9 nitrogen and oxygen atoms in total. The molecule has 47 heavy (non-hydrogen) atoms. The molecule has 9 heteroatoms. The van der Waals surface area contributed by atoms with Crippen molar-refractivity contribution in [1.82, 2.24) is 19.0 Å². The van der Waals surface area contributed by atoms with E-state index >= 15 is 0 Å². The topological polar surface area (TPSA) is 107 Å². The SMILES string of the molecule is CC#CC(=O)Nc1ccc(-c2ccc3cc(-c4nc5cc(C(=O)N6C[C@H]7CC[C@@H]6[C@@H]7N)cc(OC)c5n4C)n(CC4CC4)c3c2)cc1. The van der Waals surface area contributed by atoms with Gasteiger partial charge in [-0.2, -0.15) is 0 Å². The van der Waals surface area contributed by atoms with E-state index in [4.69, 9.17) is 15.5 Å². The number of piperidine rings is 1. The molecule has 2 amide bonds. The second-order valence-electron chi connectivity index (χ2n) is 13.2. The molecule has 3 heterocycles. The lowest BCUT2D eigenvalue weighted by Crippen LogP contribution is -2.41. The Morgan fingerprint density at radius 2 is 1.81 bits per heavy atom. The van der Waals surface area contributed by atoms with Gasteiger partial charge in [0.2, 0.25) is 0 Å². The molecule has 0 unspecified atom stereocenters. The maximum atomic E-state index is 13.7. The Balaban J connectivity index is 1.18. The van der Waals surface area contributed by atoms with Crippen LogP contribution in [0.2, 0.25) is 0 Å². The summed E-state index contributed by atoms with van der Waals surface area (Å²) >= 11 is 0. The third-order valence-electron chi connectivity index (χ3n) is 10.3. The van der Waals surface area contributed by atoms with Gasteiger partial charge in [-0.25, -0.2) is 4.98 Å². The van der Waals surface area contributed by atoms with Crippen molar-refractivity contribution >= 4 is 39.4 Å². The van der Waals surface area contributed by atoms with Gasteiger partial charge in [0, 0.05) is 54.4 Å². The Morgan fingerprint density at radius 3 is 2.49 bits per heavy atom. The zero-order valence-electron chi connectivity index (χ0n) is 26.9. The number of carbonyl (C=O) groups excluding carboxylic acids is 2. The number of carbonyl (C=O) groups is 2. The van der Waals surface area contributed by atoms with E-state index in [0.29, 0.717) is 28.8 Å². The molecular weight excluding hydrogens is 588 g/mol. The van der Waals surface area contributed by atoms with Crippen LogP contribution < -0.4 is 15.8 Å². The molecule has 1 saturated heterocycles. The number of imidazole rings is 1. The molecule has 2 aliphatic carbocycles. The summed E-state index contributed by atoms with van der Waals surface area (Å²) in [4.78, 5) is 32.8. The number of fused-ring (bicyclic) bond motifs is 4. The van der Waals surface area contributed by atoms with Gasteiger partial charge < -0.3 is 29.8 Å². The van der Waals surface area contributed by atoms with Gasteiger partial charge in [-0.15, -0.1) is 0 Å². The predicted molar refractivity (Wildman–Crippen MR) is 184 cm³/mol. The van der Waals surface area contributed by atoms with Crippen LogP contribution in [-0.4, -0.2) is 56.6 Å². The van der Waals surface area contributed by atoms with E-state index < -0.39 is 0 Å². The predicted octanol–water partition coefficient (Wildman–Crippen LogP) is 5.80. The molecule has 3 fully saturated rings. The number of aromatic nitrogens is 3. The lowest BCUT2D eigenvalue weighted by Gasteiger charge is -2.27. The summed E-state index contributed by atoms with van der Waals surface area (Å²) in [5, 5.41) is 3.95. The molecule has 238 valence electrons. The number of likely N-dealkylation sites (tertiary alicyclic amines) is 1. The number of amides is 2. The molecule has 3 N–H and O–H groups in total. The van der Waals surface area contributed by atoms with E-state index in [2.05, 4.69) is 50.6 Å². The number of hydrogen-bond acceptors (Lipinski definition) is 5. The van der Waals surface area contributed by atoms with Crippen molar-refractivity contribution in [1.29, 1.82) is 0 Å². The Morgan fingerprint density at radius 1 is 1.02 bits per heavy atom. The number of nitrogens with two attached hydrogens (primary N) is 1. The number of benzene rings is 3. The van der Waals surface area contributed by atoms with Gasteiger partial charge in [0.15, 0.2) is 5.82 Å². The number of methoxy groups -OCH3 is 1. The minimum absolute atomic E-state index is 0.000442. The first-order valence-corrected chi connectivity index (χ1v) is 16.4. The van der Waals surface area contributed by atoms with Gasteiger partial charge in [0.1, 0.15) is 11.3 Å². The fraction of sp³-hybridized carbons (Fsp3) is 0.342. The minimum Gasteiger partial charge on any atom is -0.494 e. The normalized spacial score (nSPS) is 20.1. The first kappa shape index (κ1) is 29.3. The number of nitrogens with one attached hydrogen (secondary N) is 1. The molecular formula is C38H38N6O3. The summed E-state index contributed by atoms with van der Waals surface area (Å²) in [6.45, 7) is 3.27. The van der Waals surface area contributed by atoms with Gasteiger partial charge in [-0.1, -0.05) is 30.2 Å². The molecule has 1 aliphatic heterocycles. The third-order valence-corrected chi connectivity index (χ3v) is 10.3. The van der Waals surface area contributed by atoms with E-state index in [1.165, 1.54) is 12.8 Å². The van der Waals surface area contributed by atoms with Crippen molar-refractivity contribution < 1.29 is 14.3 Å². The molecule has 2 bridgehead atoms. The average molecular weight is 627 g/mol. The number of rotatable bonds is 7. The number of nitrogens with zero attached hydrogens (tertiary/aromatic N) is 4. The fourth-order valence-corrected chi connectivity index (χ4v) is 7.66. The van der Waals surface area contributed by atoms with Crippen LogP contribution in [0.4, 0.5) is 5.69 Å². The van der Waals surface area contributed by atoms with E-state index in [0.717, 1.165) is 70.5 Å². The maximum absolute atomic E-state index is 13.7. The van der Waals surface area contributed by atoms with Gasteiger partial charge >= 0.3 is 0 Å². The zero-order valence-corrected chi connectivity index (χ0v) is 26.9. The summed E-state index contributed by atoms with van der Waals surface area (Å²) in [6, 6.07) is 20.5. The summed E-state index contributed by atoms with van der Waals surface area (Å²) in [7, 11) is 3.67. The molecule has 3 atom stereocenters. The lowest BCUT2D eigenvalue weighted by molar-refractivity contribution is -0.111. The molecule has 5 aromatic rings. The molecule has 3 aromatic carbocycles. The van der Waals surface area contributed by atoms with Crippen LogP contribution in [0.25, 0.3) is 44.6 Å². The van der Waals surface area contributed by atoms with Crippen molar-refractivity contribution in [2.45, 2.75) is 51.2 Å². The second-order valence-corrected chi connectivity index (χ2v) is 13.2. The Bertz CT molecular complexity index is 2130. The van der Waals surface area contributed by atoms with Crippen LogP contribution in [0.15, 0.2) is 60.7 Å². The summed E-state index contributed by atoms with van der Waals surface area (Å²) in [5.41, 5.74) is 13.7. The van der Waals surface area contributed by atoms with Crippen molar-refractivity contribution in [3.05, 3.63) is 66.2 Å². The molecule has 0 radical (unpaired) electrons. The largest absolute Gasteiger partial charge is 0.494 e. The lowest BCUT2D eigenvalue weighted by atomic mass is 10.0. The van der Waals surface area contributed by atoms with Crippen molar-refractivity contribution in [3.63, 3.8) is 0 Å². The van der Waals surface area contributed by atoms with Gasteiger partial charge in [0.25, 0.3) is 11.8 Å². The van der Waals surface area contributed by atoms with Gasteiger partial charge in [-0.05, 0) is 97.9 Å². The summed E-state index contributed by atoms with van der Waals surface area (Å²) in [5.74, 6) is 7.30. The zero-order chi connectivity index (χ0) is 32.4. The number of aryl methyl sites for hydroxylation is 1. The third kappa shape index (κ3) is 5.04. The first-order chi connectivity index (χ1) is 22.8. The Labute approximate surface area is 273 Å². The molecule has 3 aliphatic rings. The monoisotopic (exact) mass is 626 g/mol. The van der Waals surface area contributed by atoms with Crippen LogP contribution in [0, 0.1) is 23.7 Å². The second kappa shape index (κ2) is 11.3. The van der Waals surface area contributed by atoms with Crippen molar-refractivity contribution in [2.24, 2.45) is 24.6 Å². The quantitative estimate of drug-likeness (QED) is 0.222. The maximum Gasteiger partial charge on any atom is 0.300 e. The number of anilines is 1. The first-order valence-electron chi connectivity index (χ1n) is 16.4. The van der Waals surface area contributed by atoms with Crippen LogP contribution >= 0.6 is 0 Å². The summed E-state index contributed by atoms with van der Waals surface area (Å²) < 4.78 is 10.4. The van der Waals surface area contributed by atoms with Crippen LogP contribution in [0.1, 0.15) is 43.0 Å². The van der Waals surface area contributed by atoms with E-state index in [1.807, 2.05) is 48.3 Å². The van der Waals surface area contributed by atoms with Crippen molar-refractivity contribution in [3.8, 4) is 40.2 Å². The van der Waals surface area contributed by atoms with Gasteiger partial charge in [0.05, 0.1) is 18.3 Å². The number of ether oxygens (including phenoxy) is 1. The van der Waals surface area contributed by atoms with Gasteiger partial charge in [-0.3, -0.25) is 9.59 Å². The van der Waals surface area contributed by atoms with Crippen LogP contribution in [0.5, 0.6) is 5.75 Å². The number of hydrogen-bond donors (Lipinski definition) is 2. The van der Waals surface area contributed by atoms with E-state index in [1.54, 1.807) is 14.0 Å². The molecule has 0 spiro atoms. The van der Waals surface area contributed by atoms with E-state index in [9.17, 15) is 9.59 Å². The highest BCUT2D eigenvalue weighted by Crippen LogP contribution is 2.41. The molecule has 2 aromatic heterocycles. The average Bonchev–Trinajstić information content (AvgIpc) is 3.48.